The number of nitrogens with zero attached hydrogens (tertiary/aromatic N) is 2. The number of anilines is 2. The molecule has 3 aromatic carbocycles. The summed E-state index contributed by atoms with van der Waals surface area (Å²) < 4.78 is 28.2. The number of rotatable bonds is 8. The number of hydrogen-bond donors (Lipinski definition) is 3. The van der Waals surface area contributed by atoms with Gasteiger partial charge in [-0.3, -0.25) is 20.3 Å². The Bertz CT molecular complexity index is 1380. The Labute approximate surface area is 197 Å². The van der Waals surface area contributed by atoms with Crippen LogP contribution in [0.3, 0.4) is 0 Å². The number of hydrazone groups is 1. The van der Waals surface area contributed by atoms with E-state index in [1.54, 1.807) is 18.2 Å². The van der Waals surface area contributed by atoms with Gasteiger partial charge in [0.1, 0.15) is 4.90 Å². The van der Waals surface area contributed by atoms with Crippen molar-refractivity contribution < 1.29 is 23.2 Å². The molecule has 0 atom stereocenters. The van der Waals surface area contributed by atoms with Crippen molar-refractivity contribution in [2.24, 2.45) is 5.10 Å². The maximum absolute atomic E-state index is 13.0. The highest BCUT2D eigenvalue weighted by atomic mass is 35.5. The van der Waals surface area contributed by atoms with Gasteiger partial charge in [-0.25, -0.2) is 13.2 Å². The number of hydrogen-bond acceptors (Lipinski definition) is 7. The number of nitrogens with one attached hydrogen (secondary N) is 2. The van der Waals surface area contributed by atoms with Crippen LogP contribution in [0, 0.1) is 10.1 Å². The van der Waals surface area contributed by atoms with Crippen molar-refractivity contribution in [2.75, 3.05) is 10.1 Å². The molecule has 0 saturated carbocycles. The molecule has 0 radical (unpaired) electrons. The second-order valence-electron chi connectivity index (χ2n) is 6.41. The summed E-state index contributed by atoms with van der Waals surface area (Å²) in [5.41, 5.74) is 1.85. The molecule has 170 valence electrons. The van der Waals surface area contributed by atoms with E-state index in [1.807, 2.05) is 0 Å². The highest BCUT2D eigenvalue weighted by molar-refractivity contribution is 7.93. The summed E-state index contributed by atoms with van der Waals surface area (Å²) in [6, 6.07) is 13.3. The Hall–Kier alpha value is -3.67. The fourth-order valence-corrected chi connectivity index (χ4v) is 4.30. The molecular weight excluding hydrogens is 495 g/mol. The summed E-state index contributed by atoms with van der Waals surface area (Å²) >= 11 is 12.0. The largest absolute Gasteiger partial charge is 0.478 e. The van der Waals surface area contributed by atoms with Gasteiger partial charge >= 0.3 is 5.97 Å². The van der Waals surface area contributed by atoms with Crippen LogP contribution in [-0.2, 0) is 10.0 Å². The molecule has 0 heterocycles. The summed E-state index contributed by atoms with van der Waals surface area (Å²) in [5.74, 6) is -1.35. The van der Waals surface area contributed by atoms with Gasteiger partial charge in [-0.05, 0) is 24.3 Å². The molecule has 0 fully saturated rings. The van der Waals surface area contributed by atoms with Gasteiger partial charge in [-0.2, -0.15) is 5.10 Å². The molecule has 0 saturated heterocycles. The number of halogens is 2. The van der Waals surface area contributed by atoms with Crippen LogP contribution < -0.4 is 10.1 Å². The summed E-state index contributed by atoms with van der Waals surface area (Å²) in [6.45, 7) is 0. The maximum Gasteiger partial charge on any atom is 0.337 e. The molecule has 0 aromatic heterocycles. The maximum atomic E-state index is 13.0. The molecule has 0 aliphatic heterocycles. The van der Waals surface area contributed by atoms with Gasteiger partial charge in [0.15, 0.2) is 0 Å². The molecule has 13 heteroatoms. The lowest BCUT2D eigenvalue weighted by Crippen LogP contribution is -2.17. The second kappa shape index (κ2) is 9.86. The van der Waals surface area contributed by atoms with Gasteiger partial charge in [-0.15, -0.1) is 0 Å². The van der Waals surface area contributed by atoms with Crippen molar-refractivity contribution in [3.8, 4) is 0 Å². The van der Waals surface area contributed by atoms with E-state index >= 15 is 0 Å². The van der Waals surface area contributed by atoms with Crippen molar-refractivity contribution >= 4 is 62.5 Å². The summed E-state index contributed by atoms with van der Waals surface area (Å²) in [4.78, 5) is 21.3. The molecule has 0 aliphatic carbocycles. The van der Waals surface area contributed by atoms with Crippen LogP contribution in [-0.4, -0.2) is 30.6 Å². The van der Waals surface area contributed by atoms with Crippen LogP contribution in [0.1, 0.15) is 15.9 Å². The van der Waals surface area contributed by atoms with Crippen molar-refractivity contribution in [1.82, 2.24) is 0 Å². The number of carboxylic acids is 1. The number of para-hydroxylation sites is 1. The lowest BCUT2D eigenvalue weighted by molar-refractivity contribution is -0.385. The van der Waals surface area contributed by atoms with Gasteiger partial charge in [0.2, 0.25) is 0 Å². The Morgan fingerprint density at radius 1 is 1.06 bits per heavy atom. The summed E-state index contributed by atoms with van der Waals surface area (Å²) in [5, 5.41) is 25.0. The van der Waals surface area contributed by atoms with E-state index in [-0.39, 0.29) is 22.0 Å². The molecule has 0 bridgehead atoms. The minimum absolute atomic E-state index is 0.102. The van der Waals surface area contributed by atoms with Gasteiger partial charge in [0.25, 0.3) is 15.7 Å². The lowest BCUT2D eigenvalue weighted by Gasteiger charge is -2.13. The zero-order chi connectivity index (χ0) is 24.2. The number of nitro benzene ring substituents is 1. The smallest absolute Gasteiger partial charge is 0.337 e. The van der Waals surface area contributed by atoms with E-state index in [0.29, 0.717) is 10.6 Å². The summed E-state index contributed by atoms with van der Waals surface area (Å²) in [6.07, 6.45) is 1.29. The van der Waals surface area contributed by atoms with E-state index in [1.165, 1.54) is 30.5 Å². The normalized spacial score (nSPS) is 11.3. The first-order valence-electron chi connectivity index (χ1n) is 8.97. The first-order chi connectivity index (χ1) is 15.6. The SMILES string of the molecule is O=C(O)c1ccccc1NS(=O)(=O)c1cc([N+](=O)[O-])ccc1NN=Cc1cccc(Cl)c1Cl. The molecule has 0 spiro atoms. The fraction of sp³-hybridized carbons (Fsp3) is 0. The average molecular weight is 509 g/mol. The molecule has 0 amide bonds. The van der Waals surface area contributed by atoms with Gasteiger partial charge in [0.05, 0.1) is 38.1 Å². The van der Waals surface area contributed by atoms with E-state index in [9.17, 15) is 28.4 Å². The highest BCUT2D eigenvalue weighted by Gasteiger charge is 2.24. The molecule has 3 N–H and O–H groups in total. The van der Waals surface area contributed by atoms with Gasteiger partial charge < -0.3 is 5.11 Å². The topological polar surface area (TPSA) is 151 Å². The third-order valence-electron chi connectivity index (χ3n) is 4.24. The zero-order valence-electron chi connectivity index (χ0n) is 16.4. The van der Waals surface area contributed by atoms with E-state index in [2.05, 4.69) is 15.2 Å². The molecule has 10 nitrogen and oxygen atoms in total. The van der Waals surface area contributed by atoms with Crippen molar-refractivity contribution in [2.45, 2.75) is 4.90 Å². The highest BCUT2D eigenvalue weighted by Crippen LogP contribution is 2.29. The number of benzene rings is 3. The van der Waals surface area contributed by atoms with Crippen LogP contribution in [0.5, 0.6) is 0 Å². The van der Waals surface area contributed by atoms with Crippen LogP contribution in [0.4, 0.5) is 17.1 Å². The van der Waals surface area contributed by atoms with E-state index in [4.69, 9.17) is 23.2 Å². The Kier molecular flexibility index (Phi) is 7.16. The first-order valence-corrected chi connectivity index (χ1v) is 11.2. The van der Waals surface area contributed by atoms with Crippen molar-refractivity contribution in [3.05, 3.63) is 92.0 Å². The monoisotopic (exact) mass is 508 g/mol. The quantitative estimate of drug-likeness (QED) is 0.223. The lowest BCUT2D eigenvalue weighted by atomic mass is 10.2. The van der Waals surface area contributed by atoms with Crippen LogP contribution in [0.15, 0.2) is 70.7 Å². The van der Waals surface area contributed by atoms with Gasteiger partial charge in [0, 0.05) is 17.7 Å². The van der Waals surface area contributed by atoms with Crippen molar-refractivity contribution in [1.29, 1.82) is 0 Å². The standard InChI is InChI=1S/C20H14Cl2N4O6S/c21-15-6-3-4-12(19(15)22)11-23-24-17-9-8-13(26(29)30)10-18(17)33(31,32)25-16-7-2-1-5-14(16)20(27)28/h1-11,24-25H,(H,27,28). The van der Waals surface area contributed by atoms with E-state index < -0.39 is 31.5 Å². The number of sulfonamides is 1. The molecular formula is C20H14Cl2N4O6S. The van der Waals surface area contributed by atoms with Crippen LogP contribution >= 0.6 is 23.2 Å². The Morgan fingerprint density at radius 3 is 2.48 bits per heavy atom. The minimum atomic E-state index is -4.47. The first kappa shape index (κ1) is 24.0. The Morgan fingerprint density at radius 2 is 1.79 bits per heavy atom. The number of aromatic carboxylic acids is 1. The molecule has 0 unspecified atom stereocenters. The Balaban J connectivity index is 2.00. The predicted molar refractivity (Wildman–Crippen MR) is 125 cm³/mol. The molecule has 33 heavy (non-hydrogen) atoms. The minimum Gasteiger partial charge on any atom is -0.478 e. The van der Waals surface area contributed by atoms with Gasteiger partial charge in [-0.1, -0.05) is 47.5 Å². The molecule has 3 rings (SSSR count). The average Bonchev–Trinajstić information content (AvgIpc) is 2.76. The zero-order valence-corrected chi connectivity index (χ0v) is 18.7. The third-order valence-corrected chi connectivity index (χ3v) is 6.48. The molecule has 0 aliphatic rings. The number of nitro groups is 1. The number of carboxylic acid groups (broad SMARTS) is 1. The van der Waals surface area contributed by atoms with Crippen LogP contribution in [0.2, 0.25) is 10.0 Å². The third kappa shape index (κ3) is 5.58. The predicted octanol–water partition coefficient (Wildman–Crippen LogP) is 4.85. The van der Waals surface area contributed by atoms with E-state index in [0.717, 1.165) is 18.2 Å². The van der Waals surface area contributed by atoms with Crippen LogP contribution in [0.25, 0.3) is 0 Å². The fourth-order valence-electron chi connectivity index (χ4n) is 2.69. The molecule has 3 aromatic rings. The second-order valence-corrected chi connectivity index (χ2v) is 8.84. The number of carbonyl (C=O) groups is 1. The van der Waals surface area contributed by atoms with Crippen molar-refractivity contribution in [3.63, 3.8) is 0 Å². The number of non-ortho nitro benzene ring substituents is 1. The summed E-state index contributed by atoms with van der Waals surface area (Å²) in [7, 11) is -4.47.